The summed E-state index contributed by atoms with van der Waals surface area (Å²) < 4.78 is 1.57. The highest BCUT2D eigenvalue weighted by Crippen LogP contribution is 2.32. The average Bonchev–Trinajstić information content (AvgIpc) is 3.08. The number of aromatic nitrogens is 4. The van der Waals surface area contributed by atoms with Crippen molar-refractivity contribution in [1.29, 1.82) is 0 Å². The lowest BCUT2D eigenvalue weighted by molar-refractivity contribution is -0.121. The summed E-state index contributed by atoms with van der Waals surface area (Å²) in [6.45, 7) is 4.37. The van der Waals surface area contributed by atoms with Gasteiger partial charge in [0, 0.05) is 19.9 Å². The molecule has 2 N–H and O–H groups in total. The summed E-state index contributed by atoms with van der Waals surface area (Å²) in [6, 6.07) is 6.71. The molecule has 1 atom stereocenters. The molecule has 1 aliphatic carbocycles. The van der Waals surface area contributed by atoms with Gasteiger partial charge in [0.05, 0.1) is 12.2 Å². The zero-order valence-electron chi connectivity index (χ0n) is 17.2. The molecule has 0 aliphatic heterocycles. The van der Waals surface area contributed by atoms with E-state index in [0.717, 1.165) is 19.3 Å². The number of H-pyrrole nitrogens is 1. The summed E-state index contributed by atoms with van der Waals surface area (Å²) in [4.78, 5) is 32.0. The van der Waals surface area contributed by atoms with Crippen LogP contribution in [0.5, 0.6) is 0 Å². The third kappa shape index (κ3) is 3.95. The first kappa shape index (κ1) is 19.4. The van der Waals surface area contributed by atoms with Crippen LogP contribution in [0.15, 0.2) is 29.2 Å². The normalized spacial score (nSPS) is 16.2. The summed E-state index contributed by atoms with van der Waals surface area (Å²) in [7, 11) is 1.75. The number of aromatic amines is 1. The number of hydrogen-bond donors (Lipinski definition) is 2. The Hall–Kier alpha value is -2.96. The average molecular weight is 393 g/mol. The standard InChI is InChI=1S/C22H27N5O2/c1-13(2)15-8-7-14-5-4-6-18(16(14)11-15)24-20(28)10-9-19-25-21-17(22(29)26-19)12-23-27(21)3/h7-8,11-13,18H,4-6,9-10H2,1-3H3,(H,24,28)(H,25,26,29)/t18-/m0/s1. The van der Waals surface area contributed by atoms with Crippen molar-refractivity contribution in [2.45, 2.75) is 57.9 Å². The SMILES string of the molecule is CC(C)c1ccc2c(c1)[C@@H](NC(=O)CCc1nc3c(cnn3C)c(=O)[nH]1)CCC2. The molecule has 0 saturated heterocycles. The number of amides is 1. The third-order valence-corrected chi connectivity index (χ3v) is 5.73. The minimum atomic E-state index is -0.221. The van der Waals surface area contributed by atoms with E-state index in [-0.39, 0.29) is 23.9 Å². The lowest BCUT2D eigenvalue weighted by atomic mass is 9.85. The van der Waals surface area contributed by atoms with Gasteiger partial charge in [0.15, 0.2) is 5.65 Å². The Labute approximate surface area is 169 Å². The van der Waals surface area contributed by atoms with Crippen LogP contribution in [0, 0.1) is 0 Å². The molecule has 0 fully saturated rings. The van der Waals surface area contributed by atoms with Crippen LogP contribution in [-0.4, -0.2) is 25.7 Å². The first-order valence-corrected chi connectivity index (χ1v) is 10.3. The minimum absolute atomic E-state index is 0.0226. The van der Waals surface area contributed by atoms with E-state index in [0.29, 0.717) is 29.2 Å². The molecule has 2 aromatic heterocycles. The summed E-state index contributed by atoms with van der Waals surface area (Å²) >= 11 is 0. The molecule has 1 aromatic carbocycles. The predicted molar refractivity (Wildman–Crippen MR) is 112 cm³/mol. The number of nitrogens with one attached hydrogen (secondary N) is 2. The second-order valence-electron chi connectivity index (χ2n) is 8.14. The van der Waals surface area contributed by atoms with Gasteiger partial charge in [-0.05, 0) is 41.9 Å². The second-order valence-corrected chi connectivity index (χ2v) is 8.14. The summed E-state index contributed by atoms with van der Waals surface area (Å²) in [6.07, 6.45) is 5.26. The maximum atomic E-state index is 12.6. The van der Waals surface area contributed by atoms with E-state index in [2.05, 4.69) is 52.4 Å². The largest absolute Gasteiger partial charge is 0.349 e. The predicted octanol–water partition coefficient (Wildman–Crippen LogP) is 2.91. The fraction of sp³-hybridized carbons (Fsp3) is 0.455. The van der Waals surface area contributed by atoms with E-state index in [9.17, 15) is 9.59 Å². The molecule has 7 nitrogen and oxygen atoms in total. The zero-order valence-corrected chi connectivity index (χ0v) is 17.2. The van der Waals surface area contributed by atoms with Crippen LogP contribution in [0.25, 0.3) is 11.0 Å². The number of nitrogens with zero attached hydrogens (tertiary/aromatic N) is 3. The number of carbonyl (C=O) groups excluding carboxylic acids is 1. The van der Waals surface area contributed by atoms with Gasteiger partial charge in [-0.15, -0.1) is 0 Å². The molecule has 0 unspecified atom stereocenters. The Morgan fingerprint density at radius 3 is 3.00 bits per heavy atom. The summed E-state index contributed by atoms with van der Waals surface area (Å²) in [5.74, 6) is 0.946. The number of fused-ring (bicyclic) bond motifs is 2. The van der Waals surface area contributed by atoms with Crippen molar-refractivity contribution in [2.75, 3.05) is 0 Å². The van der Waals surface area contributed by atoms with Gasteiger partial charge < -0.3 is 10.3 Å². The van der Waals surface area contributed by atoms with Crippen LogP contribution in [-0.2, 0) is 24.7 Å². The molecule has 3 aromatic rings. The highest BCUT2D eigenvalue weighted by atomic mass is 16.1. The molecular formula is C22H27N5O2. The van der Waals surface area contributed by atoms with Gasteiger partial charge in [-0.2, -0.15) is 5.10 Å². The molecule has 1 amide bonds. The molecule has 29 heavy (non-hydrogen) atoms. The first-order chi connectivity index (χ1) is 13.9. The Morgan fingerprint density at radius 1 is 1.38 bits per heavy atom. The third-order valence-electron chi connectivity index (χ3n) is 5.73. The monoisotopic (exact) mass is 393 g/mol. The number of benzene rings is 1. The van der Waals surface area contributed by atoms with E-state index < -0.39 is 0 Å². The van der Waals surface area contributed by atoms with Gasteiger partial charge in [-0.3, -0.25) is 14.3 Å². The van der Waals surface area contributed by atoms with Crippen molar-refractivity contribution >= 4 is 16.9 Å². The van der Waals surface area contributed by atoms with E-state index >= 15 is 0 Å². The lowest BCUT2D eigenvalue weighted by Crippen LogP contribution is -2.31. The Morgan fingerprint density at radius 2 is 2.21 bits per heavy atom. The minimum Gasteiger partial charge on any atom is -0.349 e. The molecule has 0 radical (unpaired) electrons. The van der Waals surface area contributed by atoms with Crippen molar-refractivity contribution in [3.63, 3.8) is 0 Å². The molecule has 0 spiro atoms. The number of rotatable bonds is 5. The molecule has 4 rings (SSSR count). The fourth-order valence-corrected chi connectivity index (χ4v) is 4.02. The van der Waals surface area contributed by atoms with Crippen LogP contribution < -0.4 is 10.9 Å². The molecule has 7 heteroatoms. The highest BCUT2D eigenvalue weighted by Gasteiger charge is 2.22. The second kappa shape index (κ2) is 7.81. The first-order valence-electron chi connectivity index (χ1n) is 10.3. The van der Waals surface area contributed by atoms with Crippen LogP contribution in [0.1, 0.15) is 67.6 Å². The summed E-state index contributed by atoms with van der Waals surface area (Å²) in [5.41, 5.74) is 4.20. The van der Waals surface area contributed by atoms with E-state index in [1.165, 1.54) is 22.9 Å². The number of aryl methyl sites for hydroxylation is 3. The van der Waals surface area contributed by atoms with Crippen LogP contribution in [0.2, 0.25) is 0 Å². The Balaban J connectivity index is 1.45. The molecule has 2 heterocycles. The van der Waals surface area contributed by atoms with Gasteiger partial charge in [0.25, 0.3) is 5.56 Å². The number of carbonyl (C=O) groups is 1. The van der Waals surface area contributed by atoms with Gasteiger partial charge in [-0.1, -0.05) is 32.0 Å². The maximum Gasteiger partial charge on any atom is 0.262 e. The fourth-order valence-electron chi connectivity index (χ4n) is 4.02. The zero-order chi connectivity index (χ0) is 20.5. The summed E-state index contributed by atoms with van der Waals surface area (Å²) in [5, 5.41) is 7.72. The Kier molecular flexibility index (Phi) is 5.22. The maximum absolute atomic E-state index is 12.6. The molecular weight excluding hydrogens is 366 g/mol. The van der Waals surface area contributed by atoms with Gasteiger partial charge >= 0.3 is 0 Å². The topological polar surface area (TPSA) is 92.7 Å². The molecule has 1 aliphatic rings. The Bertz CT molecular complexity index is 1110. The quantitative estimate of drug-likeness (QED) is 0.697. The van der Waals surface area contributed by atoms with Crippen molar-refractivity contribution in [3.05, 3.63) is 57.3 Å². The van der Waals surface area contributed by atoms with E-state index in [1.807, 2.05) is 0 Å². The van der Waals surface area contributed by atoms with Gasteiger partial charge in [0.2, 0.25) is 5.91 Å². The molecule has 0 bridgehead atoms. The highest BCUT2D eigenvalue weighted by molar-refractivity contribution is 5.77. The van der Waals surface area contributed by atoms with Crippen LogP contribution >= 0.6 is 0 Å². The van der Waals surface area contributed by atoms with Crippen LogP contribution in [0.4, 0.5) is 0 Å². The van der Waals surface area contributed by atoms with Crippen molar-refractivity contribution in [2.24, 2.45) is 7.05 Å². The van der Waals surface area contributed by atoms with Crippen molar-refractivity contribution < 1.29 is 4.79 Å². The van der Waals surface area contributed by atoms with E-state index in [4.69, 9.17) is 0 Å². The smallest absolute Gasteiger partial charge is 0.262 e. The van der Waals surface area contributed by atoms with Crippen LogP contribution in [0.3, 0.4) is 0 Å². The van der Waals surface area contributed by atoms with Crippen molar-refractivity contribution in [3.8, 4) is 0 Å². The lowest BCUT2D eigenvalue weighted by Gasteiger charge is -2.27. The van der Waals surface area contributed by atoms with E-state index in [1.54, 1.807) is 11.7 Å². The molecule has 0 saturated carbocycles. The van der Waals surface area contributed by atoms with Gasteiger partial charge in [-0.25, -0.2) is 4.98 Å². The number of hydrogen-bond acceptors (Lipinski definition) is 4. The van der Waals surface area contributed by atoms with Gasteiger partial charge in [0.1, 0.15) is 11.2 Å². The van der Waals surface area contributed by atoms with Crippen molar-refractivity contribution in [1.82, 2.24) is 25.1 Å². The molecule has 152 valence electrons.